The van der Waals surface area contributed by atoms with E-state index in [9.17, 15) is 0 Å². The molecular weight excluding hydrogens is 705 g/mol. The van der Waals surface area contributed by atoms with Gasteiger partial charge in [0.25, 0.3) is 0 Å². The lowest BCUT2D eigenvalue weighted by Gasteiger charge is -2.42. The van der Waals surface area contributed by atoms with Gasteiger partial charge in [0.15, 0.2) is 0 Å². The molecule has 0 N–H and O–H groups in total. The molecule has 2 saturated carbocycles. The second-order valence-corrected chi connectivity index (χ2v) is 18.6. The van der Waals surface area contributed by atoms with Crippen molar-refractivity contribution in [2.24, 2.45) is 17.8 Å². The fourth-order valence-electron chi connectivity index (χ4n) is 13.2. The van der Waals surface area contributed by atoms with E-state index in [1.807, 2.05) is 11.1 Å². The summed E-state index contributed by atoms with van der Waals surface area (Å²) in [5, 5.41) is 4.93. The highest BCUT2D eigenvalue weighted by Crippen LogP contribution is 2.70. The average molecular weight is 747 g/mol. The van der Waals surface area contributed by atoms with Gasteiger partial charge in [-0.3, -0.25) is 4.57 Å². The predicted molar refractivity (Wildman–Crippen MR) is 236 cm³/mol. The Hall–Kier alpha value is -6.26. The molecule has 2 fully saturated rings. The van der Waals surface area contributed by atoms with Gasteiger partial charge >= 0.3 is 0 Å². The molecule has 4 nitrogen and oxygen atoms in total. The van der Waals surface area contributed by atoms with E-state index < -0.39 is 0 Å². The molecule has 0 radical (unpaired) electrons. The van der Waals surface area contributed by atoms with Crippen LogP contribution in [0.1, 0.15) is 62.6 Å². The van der Waals surface area contributed by atoms with Crippen LogP contribution in [0.25, 0.3) is 77.8 Å². The van der Waals surface area contributed by atoms with Gasteiger partial charge in [-0.05, 0) is 103 Å². The van der Waals surface area contributed by atoms with Gasteiger partial charge in [0, 0.05) is 54.8 Å². The van der Waals surface area contributed by atoms with E-state index in [4.69, 9.17) is 9.97 Å². The molecule has 0 saturated heterocycles. The molecule has 58 heavy (non-hydrogen) atoms. The van der Waals surface area contributed by atoms with Crippen molar-refractivity contribution in [1.82, 2.24) is 19.1 Å². The van der Waals surface area contributed by atoms with E-state index in [1.54, 1.807) is 0 Å². The van der Waals surface area contributed by atoms with Crippen molar-refractivity contribution < 1.29 is 0 Å². The second-order valence-electron chi connectivity index (χ2n) is 18.6. The molecular formula is C54H42N4. The zero-order valence-electron chi connectivity index (χ0n) is 32.8. The smallest absolute Gasteiger partial charge is 0.235 e. The standard InChI is InChI=1S/C54H42N4/c1-53(2)42-18-7-3-17-40(42)51-49(53)50(32-12-11-13-35(27-32)54-29-31-24-33-26-34(30-54)48(33)43(54)25-31)55-52(56-51)58-46-21-10-6-16-39(46)41-28-36(22-23-47(41)58)57-44-19-8-4-14-37(44)38-15-5-9-20-45(38)57/h3-23,27-28,31,33-34H,24-26,29-30H2,1-2H3/t31?,33-,34?,54?/m1/s1. The highest BCUT2D eigenvalue weighted by atomic mass is 15.2. The van der Waals surface area contributed by atoms with Gasteiger partial charge in [0.2, 0.25) is 5.95 Å². The first-order valence-electron chi connectivity index (χ1n) is 21.4. The van der Waals surface area contributed by atoms with Crippen LogP contribution in [0.3, 0.4) is 0 Å². The van der Waals surface area contributed by atoms with E-state index in [-0.39, 0.29) is 10.8 Å². The van der Waals surface area contributed by atoms with Crippen LogP contribution >= 0.6 is 0 Å². The van der Waals surface area contributed by atoms with Crippen LogP contribution in [0.5, 0.6) is 0 Å². The normalized spacial score (nSPS) is 23.3. The van der Waals surface area contributed by atoms with Crippen LogP contribution in [0.15, 0.2) is 151 Å². The number of hydrogen-bond acceptors (Lipinski definition) is 2. The molecule has 5 aliphatic rings. The molecule has 3 unspecified atom stereocenters. The molecule has 4 atom stereocenters. The Labute approximate surface area is 337 Å². The van der Waals surface area contributed by atoms with Crippen molar-refractivity contribution in [2.45, 2.75) is 56.8 Å². The lowest BCUT2D eigenvalue weighted by molar-refractivity contribution is 0.205. The van der Waals surface area contributed by atoms with Gasteiger partial charge in [-0.25, -0.2) is 9.97 Å². The van der Waals surface area contributed by atoms with Crippen molar-refractivity contribution in [3.05, 3.63) is 167 Å². The lowest BCUT2D eigenvalue weighted by Crippen LogP contribution is -2.32. The van der Waals surface area contributed by atoms with E-state index >= 15 is 0 Å². The molecule has 3 heterocycles. The summed E-state index contributed by atoms with van der Waals surface area (Å²) in [5.74, 6) is 3.27. The average Bonchev–Trinajstić information content (AvgIpc) is 3.99. The molecule has 278 valence electrons. The first kappa shape index (κ1) is 31.8. The van der Waals surface area contributed by atoms with Crippen molar-refractivity contribution in [2.75, 3.05) is 0 Å². The Bertz CT molecular complexity index is 3280. The van der Waals surface area contributed by atoms with Crippen LogP contribution < -0.4 is 0 Å². The summed E-state index contributed by atoms with van der Waals surface area (Å²) in [6.45, 7) is 4.73. The number of nitrogens with zero attached hydrogens (tertiary/aromatic N) is 4. The van der Waals surface area contributed by atoms with Gasteiger partial charge in [-0.1, -0.05) is 122 Å². The van der Waals surface area contributed by atoms with E-state index in [1.165, 1.54) is 92.5 Å². The van der Waals surface area contributed by atoms with Crippen LogP contribution in [0, 0.1) is 17.8 Å². The number of hydrogen-bond donors (Lipinski definition) is 0. The summed E-state index contributed by atoms with van der Waals surface area (Å²) in [5.41, 5.74) is 18.1. The predicted octanol–water partition coefficient (Wildman–Crippen LogP) is 13.0. The van der Waals surface area contributed by atoms with Crippen molar-refractivity contribution >= 4 is 43.6 Å². The van der Waals surface area contributed by atoms with Crippen LogP contribution in [-0.2, 0) is 10.8 Å². The fourth-order valence-corrected chi connectivity index (χ4v) is 13.2. The summed E-state index contributed by atoms with van der Waals surface area (Å²) in [4.78, 5) is 11.3. The maximum atomic E-state index is 5.74. The minimum Gasteiger partial charge on any atom is -0.309 e. The van der Waals surface area contributed by atoms with Gasteiger partial charge in [-0.2, -0.15) is 0 Å². The number of para-hydroxylation sites is 3. The monoisotopic (exact) mass is 746 g/mol. The highest BCUT2D eigenvalue weighted by molar-refractivity contribution is 6.12. The number of allylic oxidation sites excluding steroid dienone is 2. The van der Waals surface area contributed by atoms with E-state index in [2.05, 4.69) is 163 Å². The zero-order valence-corrected chi connectivity index (χ0v) is 32.8. The van der Waals surface area contributed by atoms with Gasteiger partial charge in [0.1, 0.15) is 0 Å². The van der Waals surface area contributed by atoms with Crippen molar-refractivity contribution in [3.63, 3.8) is 0 Å². The molecule has 2 bridgehead atoms. The topological polar surface area (TPSA) is 35.6 Å². The fraction of sp³-hybridized carbons (Fsp3) is 0.222. The third-order valence-corrected chi connectivity index (χ3v) is 15.5. The number of rotatable bonds is 4. The van der Waals surface area contributed by atoms with Gasteiger partial charge < -0.3 is 4.57 Å². The molecule has 4 heteroatoms. The lowest BCUT2D eigenvalue weighted by atomic mass is 9.62. The Balaban J connectivity index is 1.01. The van der Waals surface area contributed by atoms with Crippen LogP contribution in [-0.4, -0.2) is 19.1 Å². The van der Waals surface area contributed by atoms with Gasteiger partial charge in [-0.15, -0.1) is 0 Å². The van der Waals surface area contributed by atoms with Crippen molar-refractivity contribution in [1.29, 1.82) is 0 Å². The van der Waals surface area contributed by atoms with E-state index in [0.717, 1.165) is 51.8 Å². The largest absolute Gasteiger partial charge is 0.309 e. The minimum absolute atomic E-state index is 0.213. The number of fused-ring (bicyclic) bond motifs is 10. The molecule has 0 aliphatic heterocycles. The maximum Gasteiger partial charge on any atom is 0.235 e. The third kappa shape index (κ3) is 3.87. The Kier molecular flexibility index (Phi) is 5.93. The number of aromatic nitrogens is 4. The second kappa shape index (κ2) is 10.8. The first-order valence-corrected chi connectivity index (χ1v) is 21.4. The van der Waals surface area contributed by atoms with Crippen LogP contribution in [0.2, 0.25) is 0 Å². The molecule has 0 spiro atoms. The summed E-state index contributed by atoms with van der Waals surface area (Å²) in [6.07, 6.45) is 6.81. The quantitative estimate of drug-likeness (QED) is 0.168. The third-order valence-electron chi connectivity index (χ3n) is 15.5. The molecule has 0 amide bonds. The molecule has 5 aliphatic carbocycles. The summed E-state index contributed by atoms with van der Waals surface area (Å²) < 4.78 is 4.73. The highest BCUT2D eigenvalue weighted by Gasteiger charge is 2.60. The summed E-state index contributed by atoms with van der Waals surface area (Å²) in [7, 11) is 0. The zero-order chi connectivity index (χ0) is 38.1. The molecule has 6 aromatic carbocycles. The first-order chi connectivity index (χ1) is 28.5. The number of benzene rings is 6. The Morgan fingerprint density at radius 2 is 1.24 bits per heavy atom. The summed E-state index contributed by atoms with van der Waals surface area (Å²) >= 11 is 0. The SMILES string of the molecule is CC1(C)c2ccccc2-c2nc(-n3c4ccccc4c4cc(-n5c6ccccc6c6ccccc65)ccc43)nc(-c3cccc(C45CC6CC4=C4C(C[C@H]4C6)C5)c3)c21. The van der Waals surface area contributed by atoms with Gasteiger partial charge in [0.05, 0.1) is 33.5 Å². The molecule has 14 rings (SSSR count). The van der Waals surface area contributed by atoms with Crippen molar-refractivity contribution in [3.8, 4) is 34.2 Å². The molecule has 3 aromatic heterocycles. The Morgan fingerprint density at radius 1 is 0.569 bits per heavy atom. The molecule has 9 aromatic rings. The van der Waals surface area contributed by atoms with Crippen LogP contribution in [0.4, 0.5) is 0 Å². The maximum absolute atomic E-state index is 5.74. The summed E-state index contributed by atoms with van der Waals surface area (Å²) in [6, 6.07) is 51.8. The van der Waals surface area contributed by atoms with E-state index in [0.29, 0.717) is 0 Å². The Morgan fingerprint density at radius 3 is 2.03 bits per heavy atom. The minimum atomic E-state index is -0.250.